The number of nitrogens with one attached hydrogen (secondary N) is 3. The molecule has 0 saturated carbocycles. The third kappa shape index (κ3) is 3.70. The fourth-order valence-electron chi connectivity index (χ4n) is 2.71. The van der Waals surface area contributed by atoms with E-state index < -0.39 is 0 Å². The number of carbonyl (C=O) groups is 1. The molecule has 1 fully saturated rings. The van der Waals surface area contributed by atoms with E-state index in [1.807, 2.05) is 18.2 Å². The minimum absolute atomic E-state index is 0.104. The number of piperidine rings is 1. The molecule has 1 amide bonds. The van der Waals surface area contributed by atoms with Crippen LogP contribution in [-0.4, -0.2) is 34.2 Å². The van der Waals surface area contributed by atoms with E-state index >= 15 is 0 Å². The number of hydrogen-bond donors (Lipinski definition) is 4. The van der Waals surface area contributed by atoms with Gasteiger partial charge >= 0.3 is 0 Å². The van der Waals surface area contributed by atoms with Gasteiger partial charge in [-0.2, -0.15) is 4.98 Å². The van der Waals surface area contributed by atoms with Crippen molar-refractivity contribution in [3.05, 3.63) is 28.2 Å². The molecular weight excluding hydrogens is 360 g/mol. The Morgan fingerprint density at radius 3 is 2.87 bits per heavy atom. The molecule has 0 bridgehead atoms. The van der Waals surface area contributed by atoms with Crippen molar-refractivity contribution in [2.45, 2.75) is 19.4 Å². The van der Waals surface area contributed by atoms with E-state index in [2.05, 4.69) is 41.7 Å². The van der Waals surface area contributed by atoms with Gasteiger partial charge in [0.05, 0.1) is 0 Å². The molecule has 0 radical (unpaired) electrons. The first-order chi connectivity index (χ1) is 11.1. The largest absolute Gasteiger partial charge is 0.366 e. The lowest BCUT2D eigenvalue weighted by atomic mass is 9.97. The summed E-state index contributed by atoms with van der Waals surface area (Å²) in [6.45, 7) is 2.29. The minimum Gasteiger partial charge on any atom is -0.366 e. The summed E-state index contributed by atoms with van der Waals surface area (Å²) in [4.78, 5) is 16.4. The van der Waals surface area contributed by atoms with Gasteiger partial charge in [0.25, 0.3) is 0 Å². The fourth-order valence-corrected chi connectivity index (χ4v) is 3.30. The molecule has 1 aliphatic rings. The molecular formula is C15H19BrN6O. The summed E-state index contributed by atoms with van der Waals surface area (Å²) in [6.07, 6.45) is 1.79. The monoisotopic (exact) mass is 378 g/mol. The summed E-state index contributed by atoms with van der Waals surface area (Å²) in [5, 5.41) is 12.9. The van der Waals surface area contributed by atoms with Crippen molar-refractivity contribution in [3.63, 3.8) is 0 Å². The number of aromatic nitrogens is 3. The van der Waals surface area contributed by atoms with Gasteiger partial charge in [0.1, 0.15) is 0 Å². The van der Waals surface area contributed by atoms with Crippen LogP contribution in [0.4, 0.5) is 5.95 Å². The predicted octanol–water partition coefficient (Wildman–Crippen LogP) is 1.43. The molecule has 1 aliphatic heterocycles. The molecule has 1 aromatic carbocycles. The molecule has 8 heteroatoms. The average molecular weight is 379 g/mol. The van der Waals surface area contributed by atoms with Gasteiger partial charge < -0.3 is 16.4 Å². The van der Waals surface area contributed by atoms with E-state index in [-0.39, 0.29) is 17.8 Å². The Kier molecular flexibility index (Phi) is 4.92. The van der Waals surface area contributed by atoms with E-state index in [4.69, 9.17) is 5.73 Å². The first-order valence-corrected chi connectivity index (χ1v) is 8.38. The van der Waals surface area contributed by atoms with Gasteiger partial charge in [0.2, 0.25) is 11.9 Å². The third-order valence-electron chi connectivity index (χ3n) is 4.00. The van der Waals surface area contributed by atoms with Crippen LogP contribution in [0.25, 0.3) is 11.4 Å². The van der Waals surface area contributed by atoms with E-state index in [0.717, 1.165) is 41.5 Å². The first-order valence-electron chi connectivity index (χ1n) is 7.59. The number of nitrogens with zero attached hydrogens (tertiary/aromatic N) is 2. The molecule has 0 aliphatic carbocycles. The summed E-state index contributed by atoms with van der Waals surface area (Å²) >= 11 is 3.58. The van der Waals surface area contributed by atoms with Crippen molar-refractivity contribution in [1.82, 2.24) is 25.8 Å². The second kappa shape index (κ2) is 7.10. The van der Waals surface area contributed by atoms with Crippen LogP contribution in [0.5, 0.6) is 0 Å². The molecule has 23 heavy (non-hydrogen) atoms. The maximum atomic E-state index is 12.2. The molecule has 1 aromatic heterocycles. The Bertz CT molecular complexity index is 695. The highest BCUT2D eigenvalue weighted by Crippen LogP contribution is 2.29. The number of halogens is 1. The molecule has 7 nitrogen and oxygen atoms in total. The lowest BCUT2D eigenvalue weighted by molar-refractivity contribution is -0.125. The second-order valence-corrected chi connectivity index (χ2v) is 6.36. The number of amides is 1. The summed E-state index contributed by atoms with van der Waals surface area (Å²) < 4.78 is 0.877. The fraction of sp³-hybridized carbons (Fsp3) is 0.400. The van der Waals surface area contributed by atoms with Crippen LogP contribution in [0.15, 0.2) is 22.7 Å². The van der Waals surface area contributed by atoms with Gasteiger partial charge in [-0.25, -0.2) is 0 Å². The van der Waals surface area contributed by atoms with Crippen LogP contribution in [0.3, 0.4) is 0 Å². The molecule has 122 valence electrons. The summed E-state index contributed by atoms with van der Waals surface area (Å²) in [6, 6.07) is 5.81. The van der Waals surface area contributed by atoms with Gasteiger partial charge in [0.15, 0.2) is 5.82 Å². The number of nitrogens with two attached hydrogens (primary N) is 1. The predicted molar refractivity (Wildman–Crippen MR) is 91.4 cm³/mol. The van der Waals surface area contributed by atoms with E-state index in [9.17, 15) is 4.79 Å². The highest BCUT2D eigenvalue weighted by molar-refractivity contribution is 9.10. The Hall–Kier alpha value is -1.93. The number of benzene rings is 1. The zero-order valence-corrected chi connectivity index (χ0v) is 14.2. The number of aromatic amines is 1. The molecule has 5 N–H and O–H groups in total. The van der Waals surface area contributed by atoms with Crippen molar-refractivity contribution < 1.29 is 4.79 Å². The molecule has 0 spiro atoms. The normalized spacial score (nSPS) is 15.5. The molecule has 2 heterocycles. The third-order valence-corrected chi connectivity index (χ3v) is 4.94. The lowest BCUT2D eigenvalue weighted by Crippen LogP contribution is -2.37. The van der Waals surface area contributed by atoms with Gasteiger partial charge in [-0.05, 0) is 47.4 Å². The van der Waals surface area contributed by atoms with Gasteiger partial charge in [-0.3, -0.25) is 9.89 Å². The number of H-pyrrole nitrogens is 1. The van der Waals surface area contributed by atoms with Crippen molar-refractivity contribution in [1.29, 1.82) is 0 Å². The topological polar surface area (TPSA) is 109 Å². The van der Waals surface area contributed by atoms with Crippen LogP contribution in [0, 0.1) is 5.92 Å². The Morgan fingerprint density at radius 2 is 2.17 bits per heavy atom. The van der Waals surface area contributed by atoms with E-state index in [1.54, 1.807) is 0 Å². The number of hydrogen-bond acceptors (Lipinski definition) is 5. The van der Waals surface area contributed by atoms with Crippen molar-refractivity contribution in [2.75, 3.05) is 18.8 Å². The quantitative estimate of drug-likeness (QED) is 0.643. The SMILES string of the molecule is Nc1n[nH]c(-c2cccc(CNC(=O)C3CCNCC3)c2Br)n1. The van der Waals surface area contributed by atoms with Crippen molar-refractivity contribution >= 4 is 27.8 Å². The van der Waals surface area contributed by atoms with Crippen LogP contribution in [0.1, 0.15) is 18.4 Å². The van der Waals surface area contributed by atoms with Gasteiger partial charge in [0, 0.05) is 22.5 Å². The zero-order chi connectivity index (χ0) is 16.2. The van der Waals surface area contributed by atoms with Gasteiger partial charge in [-0.15, -0.1) is 5.10 Å². The highest BCUT2D eigenvalue weighted by Gasteiger charge is 2.21. The average Bonchev–Trinajstić information content (AvgIpc) is 3.00. The number of anilines is 1. The minimum atomic E-state index is 0.104. The molecule has 3 rings (SSSR count). The summed E-state index contributed by atoms with van der Waals surface area (Å²) in [5.74, 6) is 1.03. The van der Waals surface area contributed by atoms with Crippen LogP contribution in [0.2, 0.25) is 0 Å². The van der Waals surface area contributed by atoms with Crippen LogP contribution in [-0.2, 0) is 11.3 Å². The standard InChI is InChI=1S/C15H19BrN6O/c16-12-10(8-19-14(23)9-4-6-18-7-5-9)2-1-3-11(12)13-20-15(17)22-21-13/h1-3,9,18H,4-8H2,(H,19,23)(H3,17,20,21,22). The molecule has 0 unspecified atom stereocenters. The van der Waals surface area contributed by atoms with Gasteiger partial charge in [-0.1, -0.05) is 18.2 Å². The maximum Gasteiger partial charge on any atom is 0.239 e. The summed E-state index contributed by atoms with van der Waals surface area (Å²) in [5.41, 5.74) is 7.40. The number of rotatable bonds is 4. The Morgan fingerprint density at radius 1 is 1.39 bits per heavy atom. The first kappa shape index (κ1) is 15.9. The second-order valence-electron chi connectivity index (χ2n) is 5.56. The van der Waals surface area contributed by atoms with E-state index in [0.29, 0.717) is 12.4 Å². The van der Waals surface area contributed by atoms with Crippen molar-refractivity contribution in [2.24, 2.45) is 5.92 Å². The zero-order valence-electron chi connectivity index (χ0n) is 12.6. The Labute approximate surface area is 142 Å². The number of carbonyl (C=O) groups excluding carboxylic acids is 1. The maximum absolute atomic E-state index is 12.2. The molecule has 1 saturated heterocycles. The Balaban J connectivity index is 1.69. The van der Waals surface area contributed by atoms with E-state index in [1.165, 1.54) is 0 Å². The van der Waals surface area contributed by atoms with Crippen LogP contribution >= 0.6 is 15.9 Å². The van der Waals surface area contributed by atoms with Crippen LogP contribution < -0.4 is 16.4 Å². The van der Waals surface area contributed by atoms with Crippen molar-refractivity contribution in [3.8, 4) is 11.4 Å². The molecule has 2 aromatic rings. The number of nitrogen functional groups attached to an aromatic ring is 1. The summed E-state index contributed by atoms with van der Waals surface area (Å²) in [7, 11) is 0. The highest BCUT2D eigenvalue weighted by atomic mass is 79.9. The smallest absolute Gasteiger partial charge is 0.239 e. The molecule has 0 atom stereocenters. The lowest BCUT2D eigenvalue weighted by Gasteiger charge is -2.22.